The number of phenols is 1. The molecule has 0 radical (unpaired) electrons. The Labute approximate surface area is 186 Å². The zero-order chi connectivity index (χ0) is 22.8. The van der Waals surface area contributed by atoms with Crippen LogP contribution in [0.4, 0.5) is 0 Å². The van der Waals surface area contributed by atoms with E-state index >= 15 is 0 Å². The second-order valence-corrected chi connectivity index (χ2v) is 7.94. The summed E-state index contributed by atoms with van der Waals surface area (Å²) >= 11 is 0. The number of hydrogen-bond acceptors (Lipinski definition) is 6. The Balaban J connectivity index is 1.82. The molecule has 4 rings (SSSR count). The van der Waals surface area contributed by atoms with Gasteiger partial charge in [-0.3, -0.25) is 14.4 Å². The first-order valence-corrected chi connectivity index (χ1v) is 10.6. The van der Waals surface area contributed by atoms with Gasteiger partial charge in [-0.25, -0.2) is 0 Å². The molecular formula is C25H25NO6. The Kier molecular flexibility index (Phi) is 5.99. The van der Waals surface area contributed by atoms with Gasteiger partial charge in [0.05, 0.1) is 13.7 Å². The van der Waals surface area contributed by atoms with Gasteiger partial charge in [0.2, 0.25) is 5.91 Å². The number of nitrogens with one attached hydrogen (secondary N) is 1. The van der Waals surface area contributed by atoms with Crippen LogP contribution >= 0.6 is 0 Å². The van der Waals surface area contributed by atoms with Crippen molar-refractivity contribution in [3.63, 3.8) is 0 Å². The molecule has 2 aromatic carbocycles. The van der Waals surface area contributed by atoms with Crippen molar-refractivity contribution in [2.45, 2.75) is 31.6 Å². The highest BCUT2D eigenvalue weighted by Crippen LogP contribution is 2.46. The maximum Gasteiger partial charge on any atom is 0.317 e. The maximum absolute atomic E-state index is 13.8. The van der Waals surface area contributed by atoms with Crippen LogP contribution < -0.4 is 10.1 Å². The van der Waals surface area contributed by atoms with Crippen molar-refractivity contribution >= 4 is 17.7 Å². The van der Waals surface area contributed by atoms with Gasteiger partial charge in [-0.2, -0.15) is 0 Å². The fourth-order valence-corrected chi connectivity index (χ4v) is 4.66. The van der Waals surface area contributed by atoms with Gasteiger partial charge in [-0.1, -0.05) is 36.4 Å². The quantitative estimate of drug-likeness (QED) is 0.552. The highest BCUT2D eigenvalue weighted by Gasteiger charge is 2.47. The third kappa shape index (κ3) is 3.86. The highest BCUT2D eigenvalue weighted by atomic mass is 16.5. The first-order chi connectivity index (χ1) is 15.4. The second-order valence-electron chi connectivity index (χ2n) is 7.94. The first kappa shape index (κ1) is 21.6. The van der Waals surface area contributed by atoms with Crippen LogP contribution in [-0.4, -0.2) is 36.5 Å². The van der Waals surface area contributed by atoms with Crippen LogP contribution in [0, 0.1) is 5.92 Å². The largest absolute Gasteiger partial charge is 0.504 e. The number of ketones is 1. The van der Waals surface area contributed by atoms with Crippen LogP contribution in [0.5, 0.6) is 11.5 Å². The van der Waals surface area contributed by atoms with E-state index in [0.29, 0.717) is 23.3 Å². The predicted molar refractivity (Wildman–Crippen MR) is 116 cm³/mol. The number of benzene rings is 2. The molecule has 2 aliphatic rings. The van der Waals surface area contributed by atoms with Gasteiger partial charge in [-0.15, -0.1) is 0 Å². The average molecular weight is 435 g/mol. The summed E-state index contributed by atoms with van der Waals surface area (Å²) in [4.78, 5) is 39.3. The molecule has 0 saturated carbocycles. The lowest BCUT2D eigenvalue weighted by Gasteiger charge is -2.38. The topological polar surface area (TPSA) is 102 Å². The third-order valence-corrected chi connectivity index (χ3v) is 6.10. The van der Waals surface area contributed by atoms with E-state index < -0.39 is 23.7 Å². The molecule has 1 amide bonds. The van der Waals surface area contributed by atoms with Gasteiger partial charge in [0, 0.05) is 29.5 Å². The van der Waals surface area contributed by atoms with Gasteiger partial charge in [0.25, 0.3) is 0 Å². The van der Waals surface area contributed by atoms with Crippen molar-refractivity contribution in [1.29, 1.82) is 0 Å². The molecule has 1 aliphatic heterocycles. The molecule has 7 heteroatoms. The number of amides is 1. The maximum atomic E-state index is 13.8. The fraction of sp³-hybridized carbons (Fsp3) is 0.320. The van der Waals surface area contributed by atoms with E-state index in [1.165, 1.54) is 13.2 Å². The lowest BCUT2D eigenvalue weighted by molar-refractivity contribution is -0.152. The molecule has 32 heavy (non-hydrogen) atoms. The summed E-state index contributed by atoms with van der Waals surface area (Å²) in [6, 6.07) is 14.1. The van der Waals surface area contributed by atoms with E-state index in [9.17, 15) is 19.5 Å². The number of esters is 1. The minimum Gasteiger partial charge on any atom is -0.504 e. The molecular weight excluding hydrogens is 410 g/mol. The molecule has 7 nitrogen and oxygen atoms in total. The van der Waals surface area contributed by atoms with Gasteiger partial charge >= 0.3 is 5.97 Å². The van der Waals surface area contributed by atoms with Crippen molar-refractivity contribution in [3.05, 3.63) is 70.9 Å². The molecule has 1 heterocycles. The Hall–Kier alpha value is -3.61. The third-order valence-electron chi connectivity index (χ3n) is 6.10. The second kappa shape index (κ2) is 8.86. The predicted octanol–water partition coefficient (Wildman–Crippen LogP) is 3.19. The van der Waals surface area contributed by atoms with Crippen molar-refractivity contribution in [3.8, 4) is 11.5 Å². The Bertz CT molecular complexity index is 1090. The number of hydrogen-bond donors (Lipinski definition) is 2. The van der Waals surface area contributed by atoms with E-state index in [0.717, 1.165) is 5.56 Å². The molecule has 2 aromatic rings. The molecule has 2 N–H and O–H groups in total. The smallest absolute Gasteiger partial charge is 0.317 e. The SMILES string of the molecule is CCOC(=O)C1C(=O)C2=C(CC1c1ccccc1)NC(=O)CC2c1ccc(O)c(OC)c1. The molecule has 0 saturated heterocycles. The minimum absolute atomic E-state index is 0.0331. The first-order valence-electron chi connectivity index (χ1n) is 10.6. The summed E-state index contributed by atoms with van der Waals surface area (Å²) < 4.78 is 10.5. The highest BCUT2D eigenvalue weighted by molar-refractivity contribution is 6.12. The lowest BCUT2D eigenvalue weighted by Crippen LogP contribution is -2.44. The number of ether oxygens (including phenoxy) is 2. The van der Waals surface area contributed by atoms with Crippen molar-refractivity contribution < 1.29 is 29.0 Å². The summed E-state index contributed by atoms with van der Waals surface area (Å²) in [6.45, 7) is 1.88. The number of Topliss-reactive ketones (excluding diaryl/α,β-unsaturated/α-hetero) is 1. The number of rotatable bonds is 5. The van der Waals surface area contributed by atoms with Crippen molar-refractivity contribution in [2.24, 2.45) is 5.92 Å². The summed E-state index contributed by atoms with van der Waals surface area (Å²) in [7, 11) is 1.43. The van der Waals surface area contributed by atoms with E-state index in [-0.39, 0.29) is 36.2 Å². The zero-order valence-corrected chi connectivity index (χ0v) is 18.0. The van der Waals surface area contributed by atoms with Crippen LogP contribution in [0.25, 0.3) is 0 Å². The van der Waals surface area contributed by atoms with Crippen LogP contribution in [0.2, 0.25) is 0 Å². The van der Waals surface area contributed by atoms with Gasteiger partial charge in [0.15, 0.2) is 17.3 Å². The molecule has 0 bridgehead atoms. The number of methoxy groups -OCH3 is 1. The van der Waals surface area contributed by atoms with Crippen LogP contribution in [0.1, 0.15) is 42.7 Å². The summed E-state index contributed by atoms with van der Waals surface area (Å²) in [5, 5.41) is 12.8. The number of aromatic hydroxyl groups is 1. The number of carbonyl (C=O) groups is 3. The molecule has 0 aromatic heterocycles. The van der Waals surface area contributed by atoms with Crippen molar-refractivity contribution in [1.82, 2.24) is 5.32 Å². The van der Waals surface area contributed by atoms with E-state index in [1.807, 2.05) is 30.3 Å². The standard InChI is InChI=1S/C25H25NO6/c1-3-32-25(30)23-16(14-7-5-4-6-8-14)12-18-22(24(23)29)17(13-21(28)26-18)15-9-10-19(27)20(11-15)31-2/h4-11,16-17,23,27H,3,12-13H2,1-2H3,(H,26,28). The van der Waals surface area contributed by atoms with E-state index in [1.54, 1.807) is 19.1 Å². The summed E-state index contributed by atoms with van der Waals surface area (Å²) in [5.41, 5.74) is 2.46. The number of carbonyl (C=O) groups excluding carboxylic acids is 3. The van der Waals surface area contributed by atoms with Gasteiger partial charge < -0.3 is 19.9 Å². The lowest BCUT2D eigenvalue weighted by atomic mass is 9.68. The fourth-order valence-electron chi connectivity index (χ4n) is 4.66. The van der Waals surface area contributed by atoms with Crippen molar-refractivity contribution in [2.75, 3.05) is 13.7 Å². The Morgan fingerprint density at radius 2 is 1.84 bits per heavy atom. The normalized spacial score (nSPS) is 22.8. The zero-order valence-electron chi connectivity index (χ0n) is 18.0. The van der Waals surface area contributed by atoms with Crippen LogP contribution in [0.3, 0.4) is 0 Å². The average Bonchev–Trinajstić information content (AvgIpc) is 2.79. The minimum atomic E-state index is -0.993. The van der Waals surface area contributed by atoms with Gasteiger partial charge in [-0.05, 0) is 36.6 Å². The Morgan fingerprint density at radius 3 is 2.53 bits per heavy atom. The molecule has 1 aliphatic carbocycles. The van der Waals surface area contributed by atoms with E-state index in [4.69, 9.17) is 9.47 Å². The van der Waals surface area contributed by atoms with Crippen LogP contribution in [0.15, 0.2) is 59.8 Å². The van der Waals surface area contributed by atoms with E-state index in [2.05, 4.69) is 5.32 Å². The monoisotopic (exact) mass is 435 g/mol. The molecule has 3 unspecified atom stereocenters. The molecule has 3 atom stereocenters. The molecule has 0 fully saturated rings. The van der Waals surface area contributed by atoms with Crippen LogP contribution in [-0.2, 0) is 19.1 Å². The summed E-state index contributed by atoms with van der Waals surface area (Å²) in [5.74, 6) is -2.85. The molecule has 0 spiro atoms. The van der Waals surface area contributed by atoms with Gasteiger partial charge in [0.1, 0.15) is 5.92 Å². The summed E-state index contributed by atoms with van der Waals surface area (Å²) in [6.07, 6.45) is 0.399. The number of allylic oxidation sites excluding steroid dienone is 2. The molecule has 166 valence electrons. The Morgan fingerprint density at radius 1 is 1.09 bits per heavy atom. The number of phenolic OH excluding ortho intramolecular Hbond substituents is 1.